The minimum atomic E-state index is -0.782. The highest BCUT2D eigenvalue weighted by Crippen LogP contribution is 2.50. The predicted octanol–water partition coefficient (Wildman–Crippen LogP) is 2.77. The Balaban J connectivity index is 1.76. The van der Waals surface area contributed by atoms with Gasteiger partial charge in [0.2, 0.25) is 0 Å². The summed E-state index contributed by atoms with van der Waals surface area (Å²) in [6.07, 6.45) is 1.01. The molecule has 1 saturated carbocycles. The fourth-order valence-corrected chi connectivity index (χ4v) is 3.45. The molecule has 0 bridgehead atoms. The van der Waals surface area contributed by atoms with Gasteiger partial charge in [-0.2, -0.15) is 0 Å². The van der Waals surface area contributed by atoms with Crippen LogP contribution in [0.25, 0.3) is 10.1 Å². The fraction of sp³-hybridized carbons (Fsp3) is 0.308. The quantitative estimate of drug-likeness (QED) is 0.659. The Labute approximate surface area is 109 Å². The van der Waals surface area contributed by atoms with Gasteiger partial charge in [0.1, 0.15) is 0 Å². The standard InChI is InChI=1S/C13H14N2O2S/c14-13(16)15(17)6-8-5-10(8)11-7-18-12-4-2-1-3-9(11)12/h1-4,7-8,10,17H,5-6H2,(H2,14,16)/t8-,10+/m0/s1. The third kappa shape index (κ3) is 1.95. The van der Waals surface area contributed by atoms with Gasteiger partial charge in [-0.15, -0.1) is 11.3 Å². The number of thiophene rings is 1. The third-order valence-corrected chi connectivity index (χ3v) is 4.48. The monoisotopic (exact) mass is 262 g/mol. The van der Waals surface area contributed by atoms with Crippen molar-refractivity contribution in [1.29, 1.82) is 0 Å². The number of hydroxylamine groups is 2. The predicted molar refractivity (Wildman–Crippen MR) is 70.7 cm³/mol. The third-order valence-electron chi connectivity index (χ3n) is 3.49. The Bertz CT molecular complexity index is 595. The molecule has 4 nitrogen and oxygen atoms in total. The molecule has 0 spiro atoms. The minimum Gasteiger partial charge on any atom is -0.350 e. The molecule has 3 N–H and O–H groups in total. The van der Waals surface area contributed by atoms with E-state index in [-0.39, 0.29) is 0 Å². The fourth-order valence-electron chi connectivity index (χ4n) is 2.43. The first-order chi connectivity index (χ1) is 8.66. The number of amides is 2. The summed E-state index contributed by atoms with van der Waals surface area (Å²) in [5, 5.41) is 13.4. The first kappa shape index (κ1) is 11.5. The highest BCUT2D eigenvalue weighted by Gasteiger charge is 2.41. The Hall–Kier alpha value is -1.59. The molecule has 5 heteroatoms. The maximum absolute atomic E-state index is 10.8. The maximum atomic E-state index is 10.8. The molecule has 94 valence electrons. The van der Waals surface area contributed by atoms with E-state index in [0.717, 1.165) is 6.42 Å². The number of benzene rings is 1. The van der Waals surface area contributed by atoms with Crippen molar-refractivity contribution in [2.45, 2.75) is 12.3 Å². The van der Waals surface area contributed by atoms with Crippen molar-refractivity contribution in [3.63, 3.8) is 0 Å². The van der Waals surface area contributed by atoms with E-state index in [1.54, 1.807) is 11.3 Å². The lowest BCUT2D eigenvalue weighted by Crippen LogP contribution is -2.34. The molecule has 0 radical (unpaired) electrons. The molecule has 0 aliphatic heterocycles. The van der Waals surface area contributed by atoms with E-state index in [4.69, 9.17) is 5.73 Å². The summed E-state index contributed by atoms with van der Waals surface area (Å²) >= 11 is 1.74. The summed E-state index contributed by atoms with van der Waals surface area (Å²) in [6, 6.07) is 7.54. The number of fused-ring (bicyclic) bond motifs is 1. The Morgan fingerprint density at radius 2 is 2.28 bits per heavy atom. The van der Waals surface area contributed by atoms with Crippen LogP contribution in [-0.4, -0.2) is 22.8 Å². The normalized spacial score (nSPS) is 22.1. The molecule has 0 saturated heterocycles. The van der Waals surface area contributed by atoms with Gasteiger partial charge in [-0.25, -0.2) is 9.86 Å². The van der Waals surface area contributed by atoms with Gasteiger partial charge < -0.3 is 5.73 Å². The van der Waals surface area contributed by atoms with Crippen LogP contribution >= 0.6 is 11.3 Å². The number of hydrogen-bond acceptors (Lipinski definition) is 3. The zero-order chi connectivity index (χ0) is 12.7. The van der Waals surface area contributed by atoms with Crippen LogP contribution in [0.5, 0.6) is 0 Å². The molecule has 0 unspecified atom stereocenters. The molecular formula is C13H14N2O2S. The first-order valence-electron chi connectivity index (χ1n) is 5.89. The Morgan fingerprint density at radius 1 is 1.50 bits per heavy atom. The van der Waals surface area contributed by atoms with Crippen LogP contribution in [0.1, 0.15) is 17.9 Å². The van der Waals surface area contributed by atoms with Gasteiger partial charge in [-0.05, 0) is 40.7 Å². The van der Waals surface area contributed by atoms with Crippen molar-refractivity contribution in [3.05, 3.63) is 35.2 Å². The zero-order valence-corrected chi connectivity index (χ0v) is 10.6. The van der Waals surface area contributed by atoms with Crippen LogP contribution in [0.2, 0.25) is 0 Å². The number of rotatable bonds is 3. The van der Waals surface area contributed by atoms with Gasteiger partial charge in [0.05, 0.1) is 6.54 Å². The van der Waals surface area contributed by atoms with Crippen molar-refractivity contribution < 1.29 is 10.0 Å². The van der Waals surface area contributed by atoms with Gasteiger partial charge in [0.25, 0.3) is 0 Å². The number of primary amides is 1. The van der Waals surface area contributed by atoms with Crippen LogP contribution in [0.4, 0.5) is 4.79 Å². The van der Waals surface area contributed by atoms with Crippen LogP contribution in [0.3, 0.4) is 0 Å². The van der Waals surface area contributed by atoms with Gasteiger partial charge in [-0.3, -0.25) is 5.21 Å². The summed E-state index contributed by atoms with van der Waals surface area (Å²) in [4.78, 5) is 10.8. The van der Waals surface area contributed by atoms with Crippen molar-refractivity contribution in [2.75, 3.05) is 6.54 Å². The Kier molecular flexibility index (Phi) is 2.72. The lowest BCUT2D eigenvalue weighted by molar-refractivity contribution is -0.0431. The minimum absolute atomic E-state index is 0.320. The average Bonchev–Trinajstić information content (AvgIpc) is 2.98. The molecule has 1 fully saturated rings. The number of hydrogen-bond donors (Lipinski definition) is 2. The second-order valence-electron chi connectivity index (χ2n) is 4.71. The Morgan fingerprint density at radius 3 is 3.06 bits per heavy atom. The van der Waals surface area contributed by atoms with E-state index in [2.05, 4.69) is 17.5 Å². The molecule has 1 aromatic heterocycles. The van der Waals surface area contributed by atoms with Crippen LogP contribution in [0.15, 0.2) is 29.6 Å². The highest BCUT2D eigenvalue weighted by molar-refractivity contribution is 7.17. The molecule has 2 atom stereocenters. The smallest absolute Gasteiger partial charge is 0.338 e. The molecule has 1 aliphatic carbocycles. The zero-order valence-electron chi connectivity index (χ0n) is 9.74. The van der Waals surface area contributed by atoms with Gasteiger partial charge in [0, 0.05) is 4.70 Å². The summed E-state index contributed by atoms with van der Waals surface area (Å²) in [6.45, 7) is 0.324. The van der Waals surface area contributed by atoms with Crippen LogP contribution in [-0.2, 0) is 0 Å². The number of carbonyl (C=O) groups excluding carboxylic acids is 1. The van der Waals surface area contributed by atoms with Gasteiger partial charge in [-0.1, -0.05) is 18.2 Å². The average molecular weight is 262 g/mol. The molecule has 2 aromatic rings. The number of nitrogens with zero attached hydrogens (tertiary/aromatic N) is 1. The molecule has 2 amide bonds. The van der Waals surface area contributed by atoms with E-state index >= 15 is 0 Å². The summed E-state index contributed by atoms with van der Waals surface area (Å²) < 4.78 is 1.29. The van der Waals surface area contributed by atoms with E-state index < -0.39 is 6.03 Å². The molecule has 1 heterocycles. The van der Waals surface area contributed by atoms with E-state index in [1.165, 1.54) is 15.6 Å². The lowest BCUT2D eigenvalue weighted by atomic mass is 10.1. The van der Waals surface area contributed by atoms with E-state index in [1.807, 2.05) is 12.1 Å². The number of urea groups is 1. The molecule has 1 aromatic carbocycles. The van der Waals surface area contributed by atoms with Crippen molar-refractivity contribution in [3.8, 4) is 0 Å². The summed E-state index contributed by atoms with van der Waals surface area (Å²) in [5.41, 5.74) is 6.34. The highest BCUT2D eigenvalue weighted by atomic mass is 32.1. The second kappa shape index (κ2) is 4.26. The SMILES string of the molecule is NC(=O)N(O)C[C@@H]1C[C@H]1c1csc2ccccc12. The molecule has 1 aliphatic rings. The summed E-state index contributed by atoms with van der Waals surface area (Å²) in [7, 11) is 0. The summed E-state index contributed by atoms with van der Waals surface area (Å²) in [5.74, 6) is 0.760. The van der Waals surface area contributed by atoms with Crippen LogP contribution < -0.4 is 5.73 Å². The first-order valence-corrected chi connectivity index (χ1v) is 6.76. The number of carbonyl (C=O) groups is 1. The number of nitrogens with two attached hydrogens (primary N) is 1. The van der Waals surface area contributed by atoms with Gasteiger partial charge in [0.15, 0.2) is 0 Å². The van der Waals surface area contributed by atoms with Gasteiger partial charge >= 0.3 is 6.03 Å². The molecule has 18 heavy (non-hydrogen) atoms. The van der Waals surface area contributed by atoms with Crippen molar-refractivity contribution in [1.82, 2.24) is 5.06 Å². The maximum Gasteiger partial charge on any atom is 0.338 e. The largest absolute Gasteiger partial charge is 0.350 e. The second-order valence-corrected chi connectivity index (χ2v) is 5.62. The molecular weight excluding hydrogens is 248 g/mol. The topological polar surface area (TPSA) is 66.6 Å². The van der Waals surface area contributed by atoms with Crippen LogP contribution in [0, 0.1) is 5.92 Å². The molecule has 3 rings (SSSR count). The van der Waals surface area contributed by atoms with E-state index in [9.17, 15) is 10.0 Å². The van der Waals surface area contributed by atoms with E-state index in [0.29, 0.717) is 23.4 Å². The van der Waals surface area contributed by atoms with Crippen molar-refractivity contribution >= 4 is 27.5 Å². The van der Waals surface area contributed by atoms with Crippen molar-refractivity contribution in [2.24, 2.45) is 11.7 Å². The lowest BCUT2D eigenvalue weighted by Gasteiger charge is -2.10.